The Hall–Kier alpha value is -2.47. The number of aryl methyl sites for hydroxylation is 2. The molecule has 0 spiro atoms. The average Bonchev–Trinajstić information content (AvgIpc) is 2.95. The summed E-state index contributed by atoms with van der Waals surface area (Å²) in [5, 5.41) is 0. The Kier molecular flexibility index (Phi) is 9.04. The van der Waals surface area contributed by atoms with Crippen molar-refractivity contribution >= 4 is 15.9 Å². The zero-order valence-corrected chi connectivity index (χ0v) is 26.4. The van der Waals surface area contributed by atoms with E-state index in [0.29, 0.717) is 37.7 Å². The van der Waals surface area contributed by atoms with E-state index < -0.39 is 10.0 Å². The molecule has 0 unspecified atom stereocenters. The number of carbonyl (C=O) groups excluding carboxylic acids is 1. The Labute approximate surface area is 250 Å². The van der Waals surface area contributed by atoms with Gasteiger partial charge in [-0.1, -0.05) is 12.1 Å². The third-order valence-corrected chi connectivity index (χ3v) is 11.3. The van der Waals surface area contributed by atoms with Crippen molar-refractivity contribution in [3.05, 3.63) is 58.9 Å². The van der Waals surface area contributed by atoms with Gasteiger partial charge in [0, 0.05) is 63.4 Å². The van der Waals surface area contributed by atoms with Crippen LogP contribution >= 0.6 is 0 Å². The Morgan fingerprint density at radius 1 is 0.976 bits per heavy atom. The van der Waals surface area contributed by atoms with Crippen molar-refractivity contribution in [1.82, 2.24) is 29.0 Å². The van der Waals surface area contributed by atoms with Gasteiger partial charge < -0.3 is 4.90 Å². The van der Waals surface area contributed by atoms with Gasteiger partial charge in [0.25, 0.3) is 5.91 Å². The lowest BCUT2D eigenvalue weighted by Gasteiger charge is -2.54. The number of hydrogen-bond acceptors (Lipinski definition) is 7. The number of likely N-dealkylation sites (tertiary alicyclic amines) is 1. The largest absolute Gasteiger partial charge is 0.338 e. The topological polar surface area (TPSA) is 90.0 Å². The molecule has 42 heavy (non-hydrogen) atoms. The predicted molar refractivity (Wildman–Crippen MR) is 161 cm³/mol. The first-order valence-corrected chi connectivity index (χ1v) is 17.0. The van der Waals surface area contributed by atoms with Crippen molar-refractivity contribution in [3.63, 3.8) is 0 Å². The second-order valence-corrected chi connectivity index (χ2v) is 14.7. The maximum Gasteiger partial charge on any atom is 0.257 e. The van der Waals surface area contributed by atoms with Crippen LogP contribution in [0, 0.1) is 25.6 Å². The normalized spacial score (nSPS) is 24.0. The smallest absolute Gasteiger partial charge is 0.257 e. The van der Waals surface area contributed by atoms with Gasteiger partial charge in [0.1, 0.15) is 12.1 Å². The molecule has 0 bridgehead atoms. The number of amides is 1. The van der Waals surface area contributed by atoms with Gasteiger partial charge in [-0.25, -0.2) is 27.1 Å². The SMILES string of the molecule is Cc1ncnc(C)c1C(=O)N1CCC(C)(N2CCN([C@@H](c3ccc(F)cc3)C3CCN(S(C)(=O)=O)CC3)[C@@H](C)C2)CC1. The van der Waals surface area contributed by atoms with Crippen LogP contribution < -0.4 is 0 Å². The molecule has 5 rings (SSSR count). The van der Waals surface area contributed by atoms with Crippen LogP contribution in [0.3, 0.4) is 0 Å². The lowest BCUT2D eigenvalue weighted by molar-refractivity contribution is -0.0421. The molecule has 1 aromatic carbocycles. The summed E-state index contributed by atoms with van der Waals surface area (Å²) in [6, 6.07) is 7.25. The molecule has 2 atom stereocenters. The van der Waals surface area contributed by atoms with E-state index >= 15 is 0 Å². The van der Waals surface area contributed by atoms with E-state index in [1.807, 2.05) is 30.9 Å². The molecule has 0 radical (unpaired) electrons. The van der Waals surface area contributed by atoms with Crippen LogP contribution in [-0.4, -0.2) is 107 Å². The molecule has 0 N–H and O–H groups in total. The quantitative estimate of drug-likeness (QED) is 0.500. The number of halogens is 1. The van der Waals surface area contributed by atoms with Gasteiger partial charge in [-0.05, 0) is 77.0 Å². The third-order valence-electron chi connectivity index (χ3n) is 9.99. The van der Waals surface area contributed by atoms with Gasteiger partial charge in [0.15, 0.2) is 0 Å². The van der Waals surface area contributed by atoms with E-state index in [-0.39, 0.29) is 29.3 Å². The Bertz CT molecular complexity index is 1350. The molecule has 3 aliphatic heterocycles. The van der Waals surface area contributed by atoms with E-state index in [1.165, 1.54) is 24.7 Å². The van der Waals surface area contributed by atoms with Crippen molar-refractivity contribution < 1.29 is 17.6 Å². The van der Waals surface area contributed by atoms with Crippen LogP contribution in [0.2, 0.25) is 0 Å². The van der Waals surface area contributed by atoms with Crippen LogP contribution in [-0.2, 0) is 10.0 Å². The number of carbonyl (C=O) groups is 1. The first-order valence-electron chi connectivity index (χ1n) is 15.2. The van der Waals surface area contributed by atoms with Crippen molar-refractivity contribution in [2.24, 2.45) is 5.92 Å². The van der Waals surface area contributed by atoms with Gasteiger partial charge in [0.2, 0.25) is 10.0 Å². The molecular weight excluding hydrogens is 555 g/mol. The third kappa shape index (κ3) is 6.39. The lowest BCUT2D eigenvalue weighted by atomic mass is 9.82. The second kappa shape index (κ2) is 12.3. The summed E-state index contributed by atoms with van der Waals surface area (Å²) in [6.45, 7) is 13.5. The Morgan fingerprint density at radius 3 is 2.12 bits per heavy atom. The molecule has 0 saturated carbocycles. The molecule has 1 amide bonds. The zero-order valence-electron chi connectivity index (χ0n) is 25.6. The average molecular weight is 601 g/mol. The number of sulfonamides is 1. The monoisotopic (exact) mass is 600 g/mol. The standard InChI is InChI=1S/C31H45FN6O3S/c1-22-20-36(31(4)12-16-35(17-13-31)30(39)28-23(2)33-21-34-24(28)3)18-19-38(22)29(25-6-8-27(32)9-7-25)26-10-14-37(15-11-26)42(5,40)41/h6-9,21-22,26,29H,10-20H2,1-5H3/t22-,29-/m0/s1. The summed E-state index contributed by atoms with van der Waals surface area (Å²) in [5.74, 6) is 0.0706. The molecule has 3 fully saturated rings. The molecule has 3 aliphatic rings. The molecule has 4 heterocycles. The number of piperazine rings is 1. The first kappa shape index (κ1) is 31.0. The number of benzene rings is 1. The molecule has 11 heteroatoms. The highest BCUT2D eigenvalue weighted by Crippen LogP contribution is 2.40. The molecular formula is C31H45FN6O3S. The van der Waals surface area contributed by atoms with E-state index in [9.17, 15) is 17.6 Å². The van der Waals surface area contributed by atoms with Gasteiger partial charge in [0.05, 0.1) is 23.2 Å². The van der Waals surface area contributed by atoms with Crippen molar-refractivity contribution in [1.29, 1.82) is 0 Å². The summed E-state index contributed by atoms with van der Waals surface area (Å²) in [6.07, 6.45) is 6.18. The summed E-state index contributed by atoms with van der Waals surface area (Å²) < 4.78 is 39.7. The Morgan fingerprint density at radius 2 is 1.57 bits per heavy atom. The van der Waals surface area contributed by atoms with Crippen molar-refractivity contribution in [2.75, 3.05) is 52.1 Å². The minimum absolute atomic E-state index is 0.000600. The number of hydrogen-bond donors (Lipinski definition) is 0. The van der Waals surface area contributed by atoms with Gasteiger partial charge >= 0.3 is 0 Å². The highest BCUT2D eigenvalue weighted by molar-refractivity contribution is 7.88. The minimum atomic E-state index is -3.20. The van der Waals surface area contributed by atoms with Gasteiger partial charge in [-0.3, -0.25) is 14.6 Å². The molecule has 1 aromatic heterocycles. The maximum absolute atomic E-state index is 13.9. The van der Waals surface area contributed by atoms with Crippen LogP contribution in [0.5, 0.6) is 0 Å². The maximum atomic E-state index is 13.9. The van der Waals surface area contributed by atoms with E-state index in [1.54, 1.807) is 4.31 Å². The van der Waals surface area contributed by atoms with E-state index in [2.05, 4.69) is 33.6 Å². The number of nitrogens with zero attached hydrogens (tertiary/aromatic N) is 6. The predicted octanol–water partition coefficient (Wildman–Crippen LogP) is 3.65. The number of aromatic nitrogens is 2. The van der Waals surface area contributed by atoms with E-state index in [0.717, 1.165) is 62.3 Å². The van der Waals surface area contributed by atoms with Gasteiger partial charge in [-0.15, -0.1) is 0 Å². The van der Waals surface area contributed by atoms with E-state index in [4.69, 9.17) is 0 Å². The van der Waals surface area contributed by atoms with Crippen LogP contribution in [0.4, 0.5) is 4.39 Å². The number of piperidine rings is 2. The summed E-state index contributed by atoms with van der Waals surface area (Å²) >= 11 is 0. The fraction of sp³-hybridized carbons (Fsp3) is 0.645. The first-order chi connectivity index (χ1) is 19.9. The van der Waals surface area contributed by atoms with Crippen LogP contribution in [0.25, 0.3) is 0 Å². The molecule has 0 aliphatic carbocycles. The fourth-order valence-electron chi connectivity index (χ4n) is 7.36. The van der Waals surface area contributed by atoms with Gasteiger partial charge in [-0.2, -0.15) is 0 Å². The fourth-order valence-corrected chi connectivity index (χ4v) is 8.24. The highest BCUT2D eigenvalue weighted by atomic mass is 32.2. The van der Waals surface area contributed by atoms with Crippen molar-refractivity contribution in [3.8, 4) is 0 Å². The molecule has 9 nitrogen and oxygen atoms in total. The lowest BCUT2D eigenvalue weighted by Crippen LogP contribution is -2.63. The summed E-state index contributed by atoms with van der Waals surface area (Å²) in [5.41, 5.74) is 3.17. The summed E-state index contributed by atoms with van der Waals surface area (Å²) in [4.78, 5) is 28.9. The Balaban J connectivity index is 1.26. The van der Waals surface area contributed by atoms with Crippen LogP contribution in [0.15, 0.2) is 30.6 Å². The van der Waals surface area contributed by atoms with Crippen molar-refractivity contribution in [2.45, 2.75) is 71.0 Å². The molecule has 3 saturated heterocycles. The minimum Gasteiger partial charge on any atom is -0.338 e. The van der Waals surface area contributed by atoms with Crippen LogP contribution in [0.1, 0.15) is 72.9 Å². The summed E-state index contributed by atoms with van der Waals surface area (Å²) in [7, 11) is -3.20. The highest BCUT2D eigenvalue weighted by Gasteiger charge is 2.43. The second-order valence-electron chi connectivity index (χ2n) is 12.7. The molecule has 230 valence electrons. The zero-order chi connectivity index (χ0) is 30.2. The number of rotatable bonds is 6. The molecule has 2 aromatic rings.